The summed E-state index contributed by atoms with van der Waals surface area (Å²) >= 11 is 0. The van der Waals surface area contributed by atoms with E-state index in [1.54, 1.807) is 0 Å². The van der Waals surface area contributed by atoms with E-state index in [-0.39, 0.29) is 17.3 Å². The van der Waals surface area contributed by atoms with Crippen molar-refractivity contribution in [2.75, 3.05) is 27.2 Å². The molecule has 1 atom stereocenters. The molecule has 4 rings (SSSR count). The molecule has 9 nitrogen and oxygen atoms in total. The number of ether oxygens (including phenoxy) is 2. The van der Waals surface area contributed by atoms with Crippen molar-refractivity contribution < 1.29 is 32.6 Å². The third kappa shape index (κ3) is 5.76. The second-order valence-corrected chi connectivity index (χ2v) is 10.9. The number of carbonyl (C=O) groups is 2. The number of fused-ring (bicyclic) bond motifs is 1. The molecule has 0 saturated heterocycles. The Labute approximate surface area is 215 Å². The maximum atomic E-state index is 13.4. The van der Waals surface area contributed by atoms with Gasteiger partial charge in [0, 0.05) is 26.2 Å². The molecule has 1 unspecified atom stereocenters. The molecule has 194 valence electrons. The second kappa shape index (κ2) is 11.0. The number of carboxylic acid groups (broad SMARTS) is 1. The summed E-state index contributed by atoms with van der Waals surface area (Å²) in [5.74, 6) is -1.01. The molecule has 0 bridgehead atoms. The fraction of sp³-hybridized carbons (Fsp3) is 0.259. The third-order valence-electron chi connectivity index (χ3n) is 6.13. The van der Waals surface area contributed by atoms with Gasteiger partial charge in [-0.1, -0.05) is 54.6 Å². The second-order valence-electron chi connectivity index (χ2n) is 8.75. The average Bonchev–Trinajstić information content (AvgIpc) is 2.90. The summed E-state index contributed by atoms with van der Waals surface area (Å²) in [6.07, 6.45) is 0.00195. The molecule has 3 aromatic carbocycles. The van der Waals surface area contributed by atoms with E-state index in [9.17, 15) is 23.1 Å². The Morgan fingerprint density at radius 2 is 1.70 bits per heavy atom. The molecular weight excluding hydrogens is 496 g/mol. The third-order valence-corrected chi connectivity index (χ3v) is 7.94. The normalized spacial score (nSPS) is 15.2. The van der Waals surface area contributed by atoms with Crippen molar-refractivity contribution in [1.29, 1.82) is 0 Å². The fourth-order valence-corrected chi connectivity index (χ4v) is 5.22. The lowest BCUT2D eigenvalue weighted by Crippen LogP contribution is -2.41. The maximum absolute atomic E-state index is 13.4. The summed E-state index contributed by atoms with van der Waals surface area (Å²) in [5, 5.41) is 9.20. The first-order chi connectivity index (χ1) is 17.7. The van der Waals surface area contributed by atoms with E-state index in [1.807, 2.05) is 54.6 Å². The Hall–Kier alpha value is -3.89. The van der Waals surface area contributed by atoms with Crippen LogP contribution in [0.3, 0.4) is 0 Å². The lowest BCUT2D eigenvalue weighted by atomic mass is 9.88. The van der Waals surface area contributed by atoms with Crippen LogP contribution in [0.1, 0.15) is 28.3 Å². The van der Waals surface area contributed by atoms with Crippen LogP contribution in [0.25, 0.3) is 0 Å². The number of sulfonamides is 1. The van der Waals surface area contributed by atoms with E-state index in [2.05, 4.69) is 0 Å². The molecule has 0 spiro atoms. The molecular formula is C27H28N2O7S. The van der Waals surface area contributed by atoms with Gasteiger partial charge in [-0.3, -0.25) is 4.90 Å². The van der Waals surface area contributed by atoms with Gasteiger partial charge in [0.25, 0.3) is 0 Å². The van der Waals surface area contributed by atoms with Crippen molar-refractivity contribution in [1.82, 2.24) is 9.21 Å². The van der Waals surface area contributed by atoms with Crippen molar-refractivity contribution in [3.05, 3.63) is 95.1 Å². The van der Waals surface area contributed by atoms with Crippen LogP contribution in [-0.4, -0.2) is 62.0 Å². The van der Waals surface area contributed by atoms with Crippen LogP contribution >= 0.6 is 0 Å². The molecule has 1 aliphatic rings. The first-order valence-corrected chi connectivity index (χ1v) is 13.1. The molecule has 1 aliphatic heterocycles. The largest absolute Gasteiger partial charge is 0.482 e. The Morgan fingerprint density at radius 3 is 2.41 bits per heavy atom. The van der Waals surface area contributed by atoms with Gasteiger partial charge in [0.15, 0.2) is 6.61 Å². The van der Waals surface area contributed by atoms with Crippen LogP contribution < -0.4 is 4.74 Å². The van der Waals surface area contributed by atoms with E-state index in [0.717, 1.165) is 21.0 Å². The average molecular weight is 525 g/mol. The topological polar surface area (TPSA) is 113 Å². The smallest absolute Gasteiger partial charge is 0.410 e. The highest BCUT2D eigenvalue weighted by atomic mass is 32.2. The number of amides is 1. The number of hydrogen-bond acceptors (Lipinski definition) is 6. The molecule has 1 amide bonds. The van der Waals surface area contributed by atoms with Gasteiger partial charge in [0.2, 0.25) is 10.0 Å². The molecule has 0 saturated carbocycles. The zero-order chi connectivity index (χ0) is 26.6. The number of nitrogens with zero attached hydrogens (tertiary/aromatic N) is 2. The molecule has 1 N–H and O–H groups in total. The number of carboxylic acids is 1. The van der Waals surface area contributed by atoms with Crippen LogP contribution in [-0.2, 0) is 32.6 Å². The van der Waals surface area contributed by atoms with Gasteiger partial charge in [-0.2, -0.15) is 0 Å². The van der Waals surface area contributed by atoms with Gasteiger partial charge < -0.3 is 14.6 Å². The Morgan fingerprint density at radius 1 is 1.00 bits per heavy atom. The molecule has 0 fully saturated rings. The fourth-order valence-electron chi connectivity index (χ4n) is 4.28. The van der Waals surface area contributed by atoms with E-state index < -0.39 is 34.7 Å². The Kier molecular flexibility index (Phi) is 7.80. The first kappa shape index (κ1) is 26.2. The van der Waals surface area contributed by atoms with Crippen molar-refractivity contribution in [3.63, 3.8) is 0 Å². The predicted octanol–water partition coefficient (Wildman–Crippen LogP) is 3.68. The highest BCUT2D eigenvalue weighted by molar-refractivity contribution is 7.89. The van der Waals surface area contributed by atoms with Crippen LogP contribution in [0, 0.1) is 0 Å². The first-order valence-electron chi connectivity index (χ1n) is 11.6. The summed E-state index contributed by atoms with van der Waals surface area (Å²) in [5.41, 5.74) is 2.96. The predicted molar refractivity (Wildman–Crippen MR) is 136 cm³/mol. The van der Waals surface area contributed by atoms with Crippen LogP contribution in [0.4, 0.5) is 4.79 Å². The molecule has 1 heterocycles. The van der Waals surface area contributed by atoms with Gasteiger partial charge in [-0.15, -0.1) is 0 Å². The summed E-state index contributed by atoms with van der Waals surface area (Å²) < 4.78 is 38.2. The molecule has 3 aromatic rings. The minimum absolute atomic E-state index is 0.00386. The minimum Gasteiger partial charge on any atom is -0.482 e. The minimum atomic E-state index is -3.82. The Balaban J connectivity index is 1.80. The van der Waals surface area contributed by atoms with E-state index >= 15 is 0 Å². The molecule has 0 radical (unpaired) electrons. The number of benzene rings is 3. The molecule has 0 aliphatic carbocycles. The summed E-state index contributed by atoms with van der Waals surface area (Å²) in [7, 11) is -0.973. The molecule has 37 heavy (non-hydrogen) atoms. The van der Waals surface area contributed by atoms with Crippen molar-refractivity contribution in [3.8, 4) is 5.75 Å². The van der Waals surface area contributed by atoms with Crippen LogP contribution in [0.2, 0.25) is 0 Å². The maximum Gasteiger partial charge on any atom is 0.410 e. The monoisotopic (exact) mass is 524 g/mol. The van der Waals surface area contributed by atoms with Crippen molar-refractivity contribution in [2.24, 2.45) is 0 Å². The highest BCUT2D eigenvalue weighted by Gasteiger charge is 2.36. The number of carbonyl (C=O) groups excluding carboxylic acids is 1. The van der Waals surface area contributed by atoms with Crippen LogP contribution in [0.5, 0.6) is 5.75 Å². The number of hydrogen-bond donors (Lipinski definition) is 1. The summed E-state index contributed by atoms with van der Waals surface area (Å²) in [6.45, 7) is -0.236. The van der Waals surface area contributed by atoms with Crippen LogP contribution in [0.15, 0.2) is 77.7 Å². The molecule has 10 heteroatoms. The standard InChI is InChI=1S/C27H28N2O7S/c1-28(2)37(33,34)21-12-13-24(35-18-25(30)31)23(16-21)26-22-11-7-6-10-20(22)14-15-29(26)27(32)36-17-19-8-4-3-5-9-19/h3-13,16,26H,14-15,17-18H2,1-2H3,(H,30,31). The van der Waals surface area contributed by atoms with E-state index in [1.165, 1.54) is 37.2 Å². The lowest BCUT2D eigenvalue weighted by molar-refractivity contribution is -0.139. The SMILES string of the molecule is CN(C)S(=O)(=O)c1ccc(OCC(=O)O)c(C2c3ccccc3CCN2C(=O)OCc2ccccc2)c1. The highest BCUT2D eigenvalue weighted by Crippen LogP contribution is 2.41. The number of rotatable bonds is 8. The number of aliphatic carboxylic acids is 1. The zero-order valence-electron chi connectivity index (χ0n) is 20.5. The van der Waals surface area contributed by atoms with Gasteiger partial charge in [0.1, 0.15) is 12.4 Å². The van der Waals surface area contributed by atoms with Gasteiger partial charge in [-0.25, -0.2) is 22.3 Å². The summed E-state index contributed by atoms with van der Waals surface area (Å²) in [4.78, 5) is 26.2. The molecule has 0 aromatic heterocycles. The van der Waals surface area contributed by atoms with Gasteiger partial charge in [0.05, 0.1) is 10.9 Å². The van der Waals surface area contributed by atoms with E-state index in [0.29, 0.717) is 18.5 Å². The Bertz CT molecular complexity index is 1390. The van der Waals surface area contributed by atoms with Gasteiger partial charge >= 0.3 is 12.1 Å². The van der Waals surface area contributed by atoms with Crippen molar-refractivity contribution in [2.45, 2.75) is 24.0 Å². The van der Waals surface area contributed by atoms with Gasteiger partial charge in [-0.05, 0) is 41.3 Å². The zero-order valence-corrected chi connectivity index (χ0v) is 21.3. The van der Waals surface area contributed by atoms with Crippen molar-refractivity contribution >= 4 is 22.1 Å². The quantitative estimate of drug-likeness (QED) is 0.478. The lowest BCUT2D eigenvalue weighted by Gasteiger charge is -2.37. The van der Waals surface area contributed by atoms with E-state index in [4.69, 9.17) is 9.47 Å². The summed E-state index contributed by atoms with van der Waals surface area (Å²) in [6, 6.07) is 20.3.